The van der Waals surface area contributed by atoms with Gasteiger partial charge in [0.15, 0.2) is 0 Å². The number of carbonyl (C=O) groups excluding carboxylic acids is 1. The third kappa shape index (κ3) is 3.58. The number of hydrogen-bond donors (Lipinski definition) is 1. The van der Waals surface area contributed by atoms with E-state index in [2.05, 4.69) is 52.6 Å². The van der Waals surface area contributed by atoms with Crippen molar-refractivity contribution in [1.82, 2.24) is 5.32 Å². The lowest BCUT2D eigenvalue weighted by atomic mass is 9.44. The van der Waals surface area contributed by atoms with Crippen LogP contribution >= 0.6 is 0 Å². The number of allylic oxidation sites excluding steroid dienone is 1. The highest BCUT2D eigenvalue weighted by Crippen LogP contribution is 2.68. The molecule has 0 spiro atoms. The first-order chi connectivity index (χ1) is 14.2. The summed E-state index contributed by atoms with van der Waals surface area (Å²) in [7, 11) is 0. The number of carbonyl (C=O) groups is 1. The molecule has 1 saturated heterocycles. The molecule has 0 aromatic heterocycles. The van der Waals surface area contributed by atoms with Crippen molar-refractivity contribution in [2.45, 2.75) is 105 Å². The van der Waals surface area contributed by atoms with Gasteiger partial charge >= 0.3 is 0 Å². The predicted octanol–water partition coefficient (Wildman–Crippen LogP) is 7.00. The number of rotatable bonds is 6. The van der Waals surface area contributed by atoms with Crippen molar-refractivity contribution in [2.24, 2.45) is 52.3 Å². The quantitative estimate of drug-likeness (QED) is 0.467. The van der Waals surface area contributed by atoms with Crippen LogP contribution in [0.15, 0.2) is 12.7 Å². The second-order valence-electron chi connectivity index (χ2n) is 12.6. The van der Waals surface area contributed by atoms with Crippen molar-refractivity contribution in [3.8, 4) is 0 Å². The van der Waals surface area contributed by atoms with Crippen LogP contribution in [0.1, 0.15) is 98.8 Å². The Morgan fingerprint density at radius 3 is 2.50 bits per heavy atom. The molecule has 4 aliphatic rings. The van der Waals surface area contributed by atoms with Crippen LogP contribution in [-0.4, -0.2) is 11.9 Å². The number of nitrogens with one attached hydrogen (secondary N) is 1. The van der Waals surface area contributed by atoms with Gasteiger partial charge in [-0.15, -0.1) is 6.58 Å². The summed E-state index contributed by atoms with van der Waals surface area (Å²) in [5.41, 5.74) is 0.807. The summed E-state index contributed by atoms with van der Waals surface area (Å²) in [5, 5.41) is 3.40. The van der Waals surface area contributed by atoms with Crippen LogP contribution in [0, 0.1) is 52.3 Å². The molecule has 4 fully saturated rings. The third-order valence-corrected chi connectivity index (χ3v) is 10.7. The lowest BCUT2D eigenvalue weighted by Gasteiger charge is -2.62. The number of piperidine rings is 1. The fraction of sp³-hybridized carbons (Fsp3) is 0.893. The topological polar surface area (TPSA) is 29.1 Å². The molecule has 1 amide bonds. The maximum Gasteiger partial charge on any atom is 0.220 e. The molecule has 3 aliphatic carbocycles. The fourth-order valence-electron chi connectivity index (χ4n) is 9.03. The predicted molar refractivity (Wildman–Crippen MR) is 126 cm³/mol. The van der Waals surface area contributed by atoms with E-state index in [4.69, 9.17) is 0 Å². The molecule has 3 saturated carbocycles. The molecule has 0 aromatic rings. The molecule has 2 nitrogen and oxygen atoms in total. The van der Waals surface area contributed by atoms with Crippen molar-refractivity contribution >= 4 is 5.91 Å². The molecular formula is C28H47NO. The van der Waals surface area contributed by atoms with E-state index in [9.17, 15) is 4.79 Å². The van der Waals surface area contributed by atoms with E-state index in [1.807, 2.05) is 0 Å². The summed E-state index contributed by atoms with van der Waals surface area (Å²) in [6, 6.07) is 0.361. The van der Waals surface area contributed by atoms with Crippen LogP contribution in [0.3, 0.4) is 0 Å². The zero-order chi connectivity index (χ0) is 21.7. The Morgan fingerprint density at radius 2 is 1.80 bits per heavy atom. The highest BCUT2D eigenvalue weighted by molar-refractivity contribution is 5.77. The maximum absolute atomic E-state index is 12.2. The SMILES string of the molecule is C=CC1CC2NC(=O)CC[C@]2(C)C2CC[C@]3(C)C(C(C)CCCC(C)C)CCC3C12. The lowest BCUT2D eigenvalue weighted by molar-refractivity contribution is -0.142. The van der Waals surface area contributed by atoms with Gasteiger partial charge in [-0.1, -0.05) is 60.0 Å². The van der Waals surface area contributed by atoms with E-state index in [0.29, 0.717) is 22.8 Å². The summed E-state index contributed by atoms with van der Waals surface area (Å²) in [4.78, 5) is 12.2. The first-order valence-corrected chi connectivity index (χ1v) is 13.1. The zero-order valence-corrected chi connectivity index (χ0v) is 20.4. The Labute approximate surface area is 186 Å². The van der Waals surface area contributed by atoms with Crippen molar-refractivity contribution in [1.29, 1.82) is 0 Å². The summed E-state index contributed by atoms with van der Waals surface area (Å²) in [5.74, 6) is 5.84. The molecule has 9 atom stereocenters. The van der Waals surface area contributed by atoms with Gasteiger partial charge in [0.2, 0.25) is 5.91 Å². The van der Waals surface area contributed by atoms with E-state index in [-0.39, 0.29) is 5.91 Å². The molecule has 2 heteroatoms. The summed E-state index contributed by atoms with van der Waals surface area (Å²) >= 11 is 0. The van der Waals surface area contributed by atoms with E-state index in [1.165, 1.54) is 44.9 Å². The average molecular weight is 414 g/mol. The molecule has 1 N–H and O–H groups in total. The minimum atomic E-state index is 0.274. The van der Waals surface area contributed by atoms with Gasteiger partial charge in [-0.05, 0) is 90.8 Å². The average Bonchev–Trinajstić information content (AvgIpc) is 3.05. The molecule has 1 heterocycles. The van der Waals surface area contributed by atoms with Gasteiger partial charge in [0, 0.05) is 12.5 Å². The molecule has 0 radical (unpaired) electrons. The largest absolute Gasteiger partial charge is 0.353 e. The second kappa shape index (κ2) is 8.28. The fourth-order valence-corrected chi connectivity index (χ4v) is 9.03. The third-order valence-electron chi connectivity index (χ3n) is 10.7. The Hall–Kier alpha value is -0.790. The molecule has 0 aromatic carbocycles. The molecule has 30 heavy (non-hydrogen) atoms. The maximum atomic E-state index is 12.2. The number of hydrogen-bond acceptors (Lipinski definition) is 1. The van der Waals surface area contributed by atoms with Gasteiger partial charge in [0.05, 0.1) is 0 Å². The van der Waals surface area contributed by atoms with Crippen molar-refractivity contribution in [3.63, 3.8) is 0 Å². The Bertz CT molecular complexity index is 655. The van der Waals surface area contributed by atoms with Crippen LogP contribution in [0.4, 0.5) is 0 Å². The standard InChI is InChI=1S/C28H47NO/c1-7-20-17-24-28(6,16-14-25(30)29-24)23-13-15-27(5)21(11-12-22(27)26(20)23)19(4)10-8-9-18(2)3/h7,18-24,26H,1,8-17H2,2-6H3,(H,29,30)/t19?,20?,21?,22?,23?,24?,26?,27-,28-/m1/s1. The minimum absolute atomic E-state index is 0.274. The van der Waals surface area contributed by atoms with Gasteiger partial charge < -0.3 is 5.32 Å². The Morgan fingerprint density at radius 1 is 1.07 bits per heavy atom. The van der Waals surface area contributed by atoms with Crippen LogP contribution in [0.25, 0.3) is 0 Å². The first-order valence-electron chi connectivity index (χ1n) is 13.1. The highest BCUT2D eigenvalue weighted by atomic mass is 16.1. The van der Waals surface area contributed by atoms with Crippen molar-refractivity contribution < 1.29 is 4.79 Å². The van der Waals surface area contributed by atoms with E-state index >= 15 is 0 Å². The zero-order valence-electron chi connectivity index (χ0n) is 20.4. The normalized spacial score (nSPS) is 46.5. The van der Waals surface area contributed by atoms with E-state index in [0.717, 1.165) is 54.8 Å². The summed E-state index contributed by atoms with van der Waals surface area (Å²) < 4.78 is 0. The van der Waals surface area contributed by atoms with E-state index < -0.39 is 0 Å². The monoisotopic (exact) mass is 413 g/mol. The highest BCUT2D eigenvalue weighted by Gasteiger charge is 2.62. The molecule has 7 unspecified atom stereocenters. The lowest BCUT2D eigenvalue weighted by Crippen LogP contribution is -2.63. The van der Waals surface area contributed by atoms with E-state index in [1.54, 1.807) is 0 Å². The second-order valence-corrected chi connectivity index (χ2v) is 12.6. The number of amides is 1. The summed E-state index contributed by atoms with van der Waals surface area (Å²) in [6.07, 6.45) is 15.0. The molecule has 0 bridgehead atoms. The number of fused-ring (bicyclic) bond motifs is 5. The van der Waals surface area contributed by atoms with Crippen LogP contribution < -0.4 is 5.32 Å². The van der Waals surface area contributed by atoms with Crippen LogP contribution in [0.2, 0.25) is 0 Å². The smallest absolute Gasteiger partial charge is 0.220 e. The van der Waals surface area contributed by atoms with Crippen molar-refractivity contribution in [2.75, 3.05) is 0 Å². The van der Waals surface area contributed by atoms with Gasteiger partial charge in [0.25, 0.3) is 0 Å². The van der Waals surface area contributed by atoms with Gasteiger partial charge in [-0.3, -0.25) is 4.79 Å². The van der Waals surface area contributed by atoms with Gasteiger partial charge in [-0.25, -0.2) is 0 Å². The Balaban J connectivity index is 1.55. The molecule has 4 rings (SSSR count). The molecular weight excluding hydrogens is 366 g/mol. The summed E-state index contributed by atoms with van der Waals surface area (Å²) in [6.45, 7) is 16.8. The van der Waals surface area contributed by atoms with Gasteiger partial charge in [-0.2, -0.15) is 0 Å². The van der Waals surface area contributed by atoms with Crippen LogP contribution in [-0.2, 0) is 4.79 Å². The first kappa shape index (κ1) is 22.4. The van der Waals surface area contributed by atoms with Gasteiger partial charge in [0.1, 0.15) is 0 Å². The minimum Gasteiger partial charge on any atom is -0.353 e. The molecule has 1 aliphatic heterocycles. The molecule has 170 valence electrons. The Kier molecular flexibility index (Phi) is 6.19. The van der Waals surface area contributed by atoms with Crippen molar-refractivity contribution in [3.05, 3.63) is 12.7 Å². The van der Waals surface area contributed by atoms with Crippen LogP contribution in [0.5, 0.6) is 0 Å².